The molecular weight excluding hydrogens is 360 g/mol. The van der Waals surface area contributed by atoms with Gasteiger partial charge in [0.2, 0.25) is 0 Å². The maximum atomic E-state index is 12.6. The van der Waals surface area contributed by atoms with Crippen molar-refractivity contribution in [2.24, 2.45) is 10.7 Å². The molecule has 0 amide bonds. The van der Waals surface area contributed by atoms with Gasteiger partial charge in [-0.1, -0.05) is 37.0 Å². The van der Waals surface area contributed by atoms with Gasteiger partial charge in [-0.3, -0.25) is 0 Å². The summed E-state index contributed by atoms with van der Waals surface area (Å²) in [5, 5.41) is 0. The molecule has 0 spiro atoms. The maximum Gasteiger partial charge on any atom is 0.387 e. The summed E-state index contributed by atoms with van der Waals surface area (Å²) in [4.78, 5) is 6.66. The number of aliphatic imine (C=N–C) groups is 1. The number of rotatable bonds is 4. The van der Waals surface area contributed by atoms with Crippen molar-refractivity contribution in [3.63, 3.8) is 0 Å². The molecule has 1 atom stereocenters. The van der Waals surface area contributed by atoms with E-state index in [0.29, 0.717) is 18.1 Å². The molecule has 4 nitrogen and oxygen atoms in total. The first-order valence-electron chi connectivity index (χ1n) is 9.07. The van der Waals surface area contributed by atoms with Gasteiger partial charge in [0.25, 0.3) is 0 Å². The SMILES string of the molecule is CCC#Cc1cccc(C2(c3ccc(OC(F)F)c(C)c3)CN(C)C(N)=N2)c1. The van der Waals surface area contributed by atoms with Crippen LogP contribution in [0.4, 0.5) is 8.78 Å². The number of ether oxygens (including phenoxy) is 1. The van der Waals surface area contributed by atoms with E-state index >= 15 is 0 Å². The average Bonchev–Trinajstić information content (AvgIpc) is 2.97. The van der Waals surface area contributed by atoms with Gasteiger partial charge in [0.15, 0.2) is 5.96 Å². The minimum absolute atomic E-state index is 0.153. The molecule has 0 saturated carbocycles. The van der Waals surface area contributed by atoms with E-state index in [1.807, 2.05) is 49.2 Å². The van der Waals surface area contributed by atoms with Crippen LogP contribution in [-0.4, -0.2) is 31.1 Å². The zero-order valence-electron chi connectivity index (χ0n) is 16.2. The van der Waals surface area contributed by atoms with Gasteiger partial charge in [-0.25, -0.2) is 4.99 Å². The van der Waals surface area contributed by atoms with Crippen molar-refractivity contribution in [1.82, 2.24) is 4.90 Å². The highest BCUT2D eigenvalue weighted by Gasteiger charge is 2.41. The molecule has 146 valence electrons. The molecule has 2 aromatic rings. The summed E-state index contributed by atoms with van der Waals surface area (Å²) >= 11 is 0. The van der Waals surface area contributed by atoms with Crippen molar-refractivity contribution in [1.29, 1.82) is 0 Å². The van der Waals surface area contributed by atoms with Gasteiger partial charge >= 0.3 is 6.61 Å². The Balaban J connectivity index is 2.12. The number of guanidine groups is 1. The number of likely N-dealkylation sites (N-methyl/N-ethyl adjacent to an activating group) is 1. The Kier molecular flexibility index (Phi) is 5.55. The molecule has 28 heavy (non-hydrogen) atoms. The third-order valence-corrected chi connectivity index (χ3v) is 4.78. The van der Waals surface area contributed by atoms with Gasteiger partial charge in [-0.05, 0) is 47.9 Å². The van der Waals surface area contributed by atoms with Crippen molar-refractivity contribution in [3.8, 4) is 17.6 Å². The summed E-state index contributed by atoms with van der Waals surface area (Å²) in [5.41, 5.74) is 8.69. The van der Waals surface area contributed by atoms with Crippen molar-refractivity contribution in [2.45, 2.75) is 32.4 Å². The topological polar surface area (TPSA) is 50.9 Å². The van der Waals surface area contributed by atoms with Gasteiger partial charge in [-0.2, -0.15) is 8.78 Å². The fraction of sp³-hybridized carbons (Fsp3) is 0.318. The number of hydrogen-bond acceptors (Lipinski definition) is 4. The summed E-state index contributed by atoms with van der Waals surface area (Å²) < 4.78 is 29.8. The fourth-order valence-electron chi connectivity index (χ4n) is 3.40. The van der Waals surface area contributed by atoms with Crippen LogP contribution in [0.5, 0.6) is 5.75 Å². The Morgan fingerprint density at radius 1 is 1.25 bits per heavy atom. The molecular formula is C22H23F2N3O. The molecule has 0 fully saturated rings. The first-order chi connectivity index (χ1) is 13.4. The molecule has 0 bridgehead atoms. The van der Waals surface area contributed by atoms with Crippen molar-refractivity contribution >= 4 is 5.96 Å². The van der Waals surface area contributed by atoms with Crippen LogP contribution in [0.2, 0.25) is 0 Å². The molecule has 0 aromatic heterocycles. The third kappa shape index (κ3) is 3.79. The van der Waals surface area contributed by atoms with Crippen LogP contribution < -0.4 is 10.5 Å². The largest absolute Gasteiger partial charge is 0.435 e. The number of alkyl halides is 2. The van der Waals surface area contributed by atoms with Crippen LogP contribution in [0.1, 0.15) is 35.6 Å². The van der Waals surface area contributed by atoms with Crippen LogP contribution in [0.3, 0.4) is 0 Å². The van der Waals surface area contributed by atoms with E-state index in [4.69, 9.17) is 10.7 Å². The van der Waals surface area contributed by atoms with E-state index in [1.54, 1.807) is 19.1 Å². The molecule has 0 radical (unpaired) electrons. The molecule has 0 saturated heterocycles. The van der Waals surface area contributed by atoms with Crippen LogP contribution in [0, 0.1) is 18.8 Å². The first-order valence-corrected chi connectivity index (χ1v) is 9.07. The first kappa shape index (κ1) is 19.7. The monoisotopic (exact) mass is 383 g/mol. The Hall–Kier alpha value is -3.07. The van der Waals surface area contributed by atoms with E-state index in [1.165, 1.54) is 0 Å². The summed E-state index contributed by atoms with van der Waals surface area (Å²) in [7, 11) is 1.88. The molecule has 6 heteroatoms. The van der Waals surface area contributed by atoms with Crippen LogP contribution in [0.15, 0.2) is 47.5 Å². The predicted molar refractivity (Wildman–Crippen MR) is 106 cm³/mol. The molecule has 1 unspecified atom stereocenters. The van der Waals surface area contributed by atoms with Crippen molar-refractivity contribution in [2.75, 3.05) is 13.6 Å². The number of halogens is 2. The molecule has 1 heterocycles. The van der Waals surface area contributed by atoms with E-state index < -0.39 is 12.2 Å². The summed E-state index contributed by atoms with van der Waals surface area (Å²) in [6.07, 6.45) is 0.772. The average molecular weight is 383 g/mol. The smallest absolute Gasteiger partial charge is 0.387 e. The zero-order valence-corrected chi connectivity index (χ0v) is 16.2. The van der Waals surface area contributed by atoms with E-state index in [2.05, 4.69) is 16.6 Å². The molecule has 0 aliphatic carbocycles. The quantitative estimate of drug-likeness (QED) is 0.816. The summed E-state index contributed by atoms with van der Waals surface area (Å²) in [5.74, 6) is 6.80. The molecule has 2 aromatic carbocycles. The highest BCUT2D eigenvalue weighted by molar-refractivity contribution is 5.81. The molecule has 3 rings (SSSR count). The number of nitrogens with two attached hydrogens (primary N) is 1. The second-order valence-corrected chi connectivity index (χ2v) is 6.78. The van der Waals surface area contributed by atoms with Gasteiger partial charge in [-0.15, -0.1) is 0 Å². The second-order valence-electron chi connectivity index (χ2n) is 6.78. The summed E-state index contributed by atoms with van der Waals surface area (Å²) in [6.45, 7) is 1.42. The molecule has 1 aliphatic heterocycles. The minimum atomic E-state index is -2.86. The lowest BCUT2D eigenvalue weighted by Crippen LogP contribution is -2.35. The standard InChI is InChI=1S/C22H23F2N3O/c1-4-5-7-16-8-6-9-17(13-16)22(14-27(3)21(25)26-22)18-10-11-19(15(2)12-18)28-20(23)24/h6,8-13,20H,4,14H2,1-3H3,(H2,25,26). The van der Waals surface area contributed by atoms with Gasteiger partial charge in [0.1, 0.15) is 11.3 Å². The number of aryl methyl sites for hydroxylation is 1. The Bertz CT molecular complexity index is 962. The molecule has 2 N–H and O–H groups in total. The van der Waals surface area contributed by atoms with E-state index in [9.17, 15) is 8.78 Å². The molecule has 1 aliphatic rings. The Morgan fingerprint density at radius 2 is 2.00 bits per heavy atom. The van der Waals surface area contributed by atoms with Gasteiger partial charge < -0.3 is 15.4 Å². The maximum absolute atomic E-state index is 12.6. The number of benzene rings is 2. The lowest BCUT2D eigenvalue weighted by molar-refractivity contribution is -0.0503. The Labute approximate surface area is 164 Å². The van der Waals surface area contributed by atoms with E-state index in [0.717, 1.165) is 23.1 Å². The lowest BCUT2D eigenvalue weighted by Gasteiger charge is -2.29. The van der Waals surface area contributed by atoms with Crippen LogP contribution >= 0.6 is 0 Å². The predicted octanol–water partition coefficient (Wildman–Crippen LogP) is 3.86. The fourth-order valence-corrected chi connectivity index (χ4v) is 3.40. The Morgan fingerprint density at radius 3 is 2.61 bits per heavy atom. The number of nitrogens with zero attached hydrogens (tertiary/aromatic N) is 2. The van der Waals surface area contributed by atoms with Gasteiger partial charge in [0, 0.05) is 19.0 Å². The summed E-state index contributed by atoms with van der Waals surface area (Å²) in [6, 6.07) is 13.1. The van der Waals surface area contributed by atoms with Crippen LogP contribution in [-0.2, 0) is 5.54 Å². The normalized spacial score (nSPS) is 18.6. The zero-order chi connectivity index (χ0) is 20.3. The highest BCUT2D eigenvalue weighted by atomic mass is 19.3. The van der Waals surface area contributed by atoms with Gasteiger partial charge in [0.05, 0.1) is 6.54 Å². The third-order valence-electron chi connectivity index (χ3n) is 4.78. The van der Waals surface area contributed by atoms with Crippen LogP contribution in [0.25, 0.3) is 0 Å². The number of hydrogen-bond donors (Lipinski definition) is 1. The minimum Gasteiger partial charge on any atom is -0.435 e. The van der Waals surface area contributed by atoms with Crippen molar-refractivity contribution < 1.29 is 13.5 Å². The second kappa shape index (κ2) is 7.89. The van der Waals surface area contributed by atoms with E-state index in [-0.39, 0.29) is 5.75 Å². The highest BCUT2D eigenvalue weighted by Crippen LogP contribution is 2.40. The van der Waals surface area contributed by atoms with Crippen molar-refractivity contribution in [3.05, 3.63) is 64.7 Å². The lowest BCUT2D eigenvalue weighted by atomic mass is 9.82.